The quantitative estimate of drug-likeness (QED) is 0.934. The van der Waals surface area contributed by atoms with E-state index >= 15 is 0 Å². The zero-order valence-corrected chi connectivity index (χ0v) is 12.7. The van der Waals surface area contributed by atoms with E-state index in [4.69, 9.17) is 4.74 Å². The van der Waals surface area contributed by atoms with Gasteiger partial charge in [0.25, 0.3) is 0 Å². The van der Waals surface area contributed by atoms with E-state index in [-0.39, 0.29) is 6.04 Å². The molecule has 0 unspecified atom stereocenters. The Morgan fingerprint density at radius 2 is 2.14 bits per heavy atom. The van der Waals surface area contributed by atoms with Crippen LogP contribution in [-0.4, -0.2) is 18.1 Å². The van der Waals surface area contributed by atoms with E-state index in [1.54, 1.807) is 7.11 Å². The Balaban J connectivity index is 1.69. The molecule has 0 fully saturated rings. The van der Waals surface area contributed by atoms with Gasteiger partial charge in [0, 0.05) is 18.3 Å². The van der Waals surface area contributed by atoms with E-state index in [0.29, 0.717) is 6.04 Å². The van der Waals surface area contributed by atoms with E-state index < -0.39 is 0 Å². The minimum absolute atomic E-state index is 0.281. The van der Waals surface area contributed by atoms with Gasteiger partial charge in [-0.1, -0.05) is 18.2 Å². The molecule has 0 amide bonds. The Morgan fingerprint density at radius 1 is 1.24 bits per heavy atom. The maximum Gasteiger partial charge on any atom is 0.122 e. The summed E-state index contributed by atoms with van der Waals surface area (Å²) in [6.07, 6.45) is 5.13. The van der Waals surface area contributed by atoms with Crippen LogP contribution in [0.5, 0.6) is 5.75 Å². The third-order valence-corrected chi connectivity index (χ3v) is 4.28. The van der Waals surface area contributed by atoms with Crippen molar-refractivity contribution in [1.82, 2.24) is 10.3 Å². The molecule has 0 saturated heterocycles. The second-order valence-electron chi connectivity index (χ2n) is 5.68. The van der Waals surface area contributed by atoms with E-state index in [1.165, 1.54) is 11.1 Å². The smallest absolute Gasteiger partial charge is 0.122 e. The van der Waals surface area contributed by atoms with Gasteiger partial charge in [-0.15, -0.1) is 0 Å². The molecule has 110 valence electrons. The second kappa shape index (κ2) is 6.27. The minimum Gasteiger partial charge on any atom is -0.496 e. The van der Waals surface area contributed by atoms with Gasteiger partial charge in [0.15, 0.2) is 0 Å². The SMILES string of the molecule is COc1cccc2c1CC[C@@H](N[C@H](C)c1ccccn1)C2. The number of fused-ring (bicyclic) bond motifs is 1. The maximum absolute atomic E-state index is 5.47. The number of benzene rings is 1. The number of nitrogens with zero attached hydrogens (tertiary/aromatic N) is 1. The summed E-state index contributed by atoms with van der Waals surface area (Å²) in [5.74, 6) is 1.03. The third kappa shape index (κ3) is 3.08. The van der Waals surface area contributed by atoms with Crippen molar-refractivity contribution in [2.75, 3.05) is 7.11 Å². The van der Waals surface area contributed by atoms with Gasteiger partial charge in [-0.2, -0.15) is 0 Å². The van der Waals surface area contributed by atoms with Crippen molar-refractivity contribution in [3.8, 4) is 5.75 Å². The van der Waals surface area contributed by atoms with Crippen LogP contribution in [0, 0.1) is 0 Å². The molecule has 2 aromatic rings. The number of ether oxygens (including phenoxy) is 1. The molecule has 1 aliphatic carbocycles. The van der Waals surface area contributed by atoms with Crippen molar-refractivity contribution in [1.29, 1.82) is 0 Å². The van der Waals surface area contributed by atoms with E-state index in [1.807, 2.05) is 18.3 Å². The molecule has 0 saturated carbocycles. The molecule has 3 rings (SSSR count). The van der Waals surface area contributed by atoms with Crippen LogP contribution in [0.2, 0.25) is 0 Å². The zero-order chi connectivity index (χ0) is 14.7. The predicted octanol–water partition coefficient (Wildman–Crippen LogP) is 3.30. The molecule has 1 heterocycles. The van der Waals surface area contributed by atoms with Crippen LogP contribution in [0.4, 0.5) is 0 Å². The normalized spacial score (nSPS) is 18.9. The summed E-state index contributed by atoms with van der Waals surface area (Å²) in [7, 11) is 1.75. The van der Waals surface area contributed by atoms with Gasteiger partial charge >= 0.3 is 0 Å². The maximum atomic E-state index is 5.47. The van der Waals surface area contributed by atoms with Crippen LogP contribution in [0.25, 0.3) is 0 Å². The molecule has 1 aromatic carbocycles. The average Bonchev–Trinajstić information content (AvgIpc) is 2.54. The topological polar surface area (TPSA) is 34.1 Å². The number of pyridine rings is 1. The highest BCUT2D eigenvalue weighted by molar-refractivity contribution is 5.42. The van der Waals surface area contributed by atoms with Crippen molar-refractivity contribution >= 4 is 0 Å². The Bertz CT molecular complexity index is 597. The summed E-state index contributed by atoms with van der Waals surface area (Å²) in [5.41, 5.74) is 3.89. The molecule has 21 heavy (non-hydrogen) atoms. The molecule has 3 nitrogen and oxygen atoms in total. The van der Waals surface area contributed by atoms with Gasteiger partial charge in [0.05, 0.1) is 12.8 Å². The molecule has 0 radical (unpaired) electrons. The van der Waals surface area contributed by atoms with Crippen LogP contribution < -0.4 is 10.1 Å². The van der Waals surface area contributed by atoms with Gasteiger partial charge in [-0.05, 0) is 55.5 Å². The summed E-state index contributed by atoms with van der Waals surface area (Å²) in [4.78, 5) is 4.43. The van der Waals surface area contributed by atoms with E-state index in [2.05, 4.69) is 41.5 Å². The Hall–Kier alpha value is -1.87. The monoisotopic (exact) mass is 282 g/mol. The average molecular weight is 282 g/mol. The van der Waals surface area contributed by atoms with Crippen molar-refractivity contribution in [3.63, 3.8) is 0 Å². The van der Waals surface area contributed by atoms with Crippen molar-refractivity contribution < 1.29 is 4.74 Å². The predicted molar refractivity (Wildman–Crippen MR) is 84.6 cm³/mol. The lowest BCUT2D eigenvalue weighted by molar-refractivity contribution is 0.385. The molecule has 1 aliphatic rings. The van der Waals surface area contributed by atoms with Crippen molar-refractivity contribution in [2.45, 2.75) is 38.3 Å². The first-order chi connectivity index (χ1) is 10.3. The summed E-state index contributed by atoms with van der Waals surface area (Å²) < 4.78 is 5.47. The number of methoxy groups -OCH3 is 1. The van der Waals surface area contributed by atoms with Crippen molar-refractivity contribution in [3.05, 3.63) is 59.4 Å². The number of rotatable bonds is 4. The first-order valence-corrected chi connectivity index (χ1v) is 7.59. The highest BCUT2D eigenvalue weighted by Gasteiger charge is 2.22. The summed E-state index contributed by atoms with van der Waals surface area (Å²) >= 11 is 0. The van der Waals surface area contributed by atoms with Gasteiger partial charge in [0.2, 0.25) is 0 Å². The molecular weight excluding hydrogens is 260 g/mol. The molecular formula is C18H22N2O. The summed E-state index contributed by atoms with van der Waals surface area (Å²) in [6.45, 7) is 2.18. The molecule has 1 aromatic heterocycles. The fraction of sp³-hybridized carbons (Fsp3) is 0.389. The number of nitrogens with one attached hydrogen (secondary N) is 1. The van der Waals surface area contributed by atoms with E-state index in [0.717, 1.165) is 30.7 Å². The second-order valence-corrected chi connectivity index (χ2v) is 5.68. The highest BCUT2D eigenvalue weighted by atomic mass is 16.5. The first kappa shape index (κ1) is 14.1. The van der Waals surface area contributed by atoms with Crippen LogP contribution in [-0.2, 0) is 12.8 Å². The van der Waals surface area contributed by atoms with Gasteiger partial charge in [-0.25, -0.2) is 0 Å². The lowest BCUT2D eigenvalue weighted by atomic mass is 9.87. The number of hydrogen-bond donors (Lipinski definition) is 1. The standard InChI is InChI=1S/C18H22N2O/c1-13(17-7-3-4-11-19-17)20-15-9-10-16-14(12-15)6-5-8-18(16)21-2/h3-8,11,13,15,20H,9-10,12H2,1-2H3/t13-,15-/m1/s1. The highest BCUT2D eigenvalue weighted by Crippen LogP contribution is 2.30. The van der Waals surface area contributed by atoms with Gasteiger partial charge in [0.1, 0.15) is 5.75 Å². The minimum atomic E-state index is 0.281. The van der Waals surface area contributed by atoms with Crippen LogP contribution >= 0.6 is 0 Å². The number of aromatic nitrogens is 1. The zero-order valence-electron chi connectivity index (χ0n) is 12.7. The molecule has 3 heteroatoms. The Labute approximate surface area is 126 Å². The fourth-order valence-electron chi connectivity index (χ4n) is 3.18. The molecule has 0 aliphatic heterocycles. The molecule has 2 atom stereocenters. The Morgan fingerprint density at radius 3 is 2.90 bits per heavy atom. The summed E-state index contributed by atoms with van der Waals surface area (Å²) in [5, 5.41) is 3.71. The molecule has 0 spiro atoms. The van der Waals surface area contributed by atoms with Crippen LogP contribution in [0.3, 0.4) is 0 Å². The van der Waals surface area contributed by atoms with Gasteiger partial charge < -0.3 is 10.1 Å². The number of hydrogen-bond acceptors (Lipinski definition) is 3. The molecule has 1 N–H and O–H groups in total. The van der Waals surface area contributed by atoms with Crippen LogP contribution in [0.15, 0.2) is 42.6 Å². The van der Waals surface area contributed by atoms with E-state index in [9.17, 15) is 0 Å². The Kier molecular flexibility index (Phi) is 4.20. The lowest BCUT2D eigenvalue weighted by Gasteiger charge is -2.29. The fourth-order valence-corrected chi connectivity index (χ4v) is 3.18. The third-order valence-electron chi connectivity index (χ3n) is 4.28. The van der Waals surface area contributed by atoms with Gasteiger partial charge in [-0.3, -0.25) is 4.98 Å². The largest absolute Gasteiger partial charge is 0.496 e. The lowest BCUT2D eigenvalue weighted by Crippen LogP contribution is -2.36. The molecule has 0 bridgehead atoms. The van der Waals surface area contributed by atoms with Crippen molar-refractivity contribution in [2.24, 2.45) is 0 Å². The van der Waals surface area contributed by atoms with Crippen LogP contribution in [0.1, 0.15) is 36.2 Å². The summed E-state index contributed by atoms with van der Waals surface area (Å²) in [6, 6.07) is 13.2. The first-order valence-electron chi connectivity index (χ1n) is 7.59.